The number of benzene rings is 2. The van der Waals surface area contributed by atoms with E-state index in [4.69, 9.17) is 25.8 Å². The lowest BCUT2D eigenvalue weighted by Gasteiger charge is -2.31. The fraction of sp³-hybridized carbons (Fsp3) is 0.346. The van der Waals surface area contributed by atoms with Crippen LogP contribution in [0.25, 0.3) is 21.8 Å². The van der Waals surface area contributed by atoms with Crippen molar-refractivity contribution in [3.05, 3.63) is 48.4 Å². The van der Waals surface area contributed by atoms with Crippen LogP contribution in [0.2, 0.25) is 0 Å². The maximum absolute atomic E-state index is 11.8. The number of likely N-dealkylation sites (tertiary alicyclic amines) is 1. The number of hydrogen-bond acceptors (Lipinski definition) is 6. The van der Waals surface area contributed by atoms with Gasteiger partial charge in [-0.15, -0.1) is 11.6 Å². The van der Waals surface area contributed by atoms with E-state index in [1.54, 1.807) is 7.11 Å². The predicted molar refractivity (Wildman–Crippen MR) is 135 cm³/mol. The first-order chi connectivity index (χ1) is 17.0. The van der Waals surface area contributed by atoms with E-state index in [1.165, 1.54) is 6.33 Å². The number of nitrogens with zero attached hydrogens (tertiary/aromatic N) is 3. The van der Waals surface area contributed by atoms with Gasteiger partial charge in [-0.1, -0.05) is 0 Å². The van der Waals surface area contributed by atoms with Crippen LogP contribution in [0.15, 0.2) is 42.7 Å². The van der Waals surface area contributed by atoms with Gasteiger partial charge in [0.2, 0.25) is 11.8 Å². The van der Waals surface area contributed by atoms with E-state index in [0.717, 1.165) is 34.8 Å². The van der Waals surface area contributed by atoms with Crippen LogP contribution in [0.5, 0.6) is 23.1 Å². The van der Waals surface area contributed by atoms with Gasteiger partial charge in [-0.2, -0.15) is 0 Å². The number of aromatic amines is 1. The first-order valence-electron chi connectivity index (χ1n) is 11.6. The molecule has 182 valence electrons. The predicted octanol–water partition coefficient (Wildman–Crippen LogP) is 5.08. The normalized spacial score (nSPS) is 14.4. The molecular formula is C26H27ClN4O4. The van der Waals surface area contributed by atoms with Crippen molar-refractivity contribution in [1.82, 2.24) is 19.9 Å². The molecule has 1 aliphatic rings. The summed E-state index contributed by atoms with van der Waals surface area (Å²) in [4.78, 5) is 25.7. The number of rotatable bonds is 7. The van der Waals surface area contributed by atoms with E-state index in [2.05, 4.69) is 21.0 Å². The second-order valence-corrected chi connectivity index (χ2v) is 9.04. The van der Waals surface area contributed by atoms with E-state index >= 15 is 0 Å². The van der Waals surface area contributed by atoms with Crippen molar-refractivity contribution in [3.63, 3.8) is 0 Å². The second kappa shape index (κ2) is 10.00. The Kier molecular flexibility index (Phi) is 6.63. The highest BCUT2D eigenvalue weighted by molar-refractivity contribution is 6.27. The summed E-state index contributed by atoms with van der Waals surface area (Å²) in [5.74, 6) is 2.70. The number of halogens is 1. The van der Waals surface area contributed by atoms with Crippen molar-refractivity contribution >= 4 is 39.3 Å². The van der Waals surface area contributed by atoms with Gasteiger partial charge in [0.1, 0.15) is 18.0 Å². The minimum atomic E-state index is -0.0112. The van der Waals surface area contributed by atoms with Crippen LogP contribution in [-0.4, -0.2) is 58.4 Å². The molecule has 0 spiro atoms. The van der Waals surface area contributed by atoms with Gasteiger partial charge in [0, 0.05) is 36.4 Å². The average Bonchev–Trinajstić information content (AvgIpc) is 3.26. The average molecular weight is 495 g/mol. The van der Waals surface area contributed by atoms with Crippen LogP contribution in [0.3, 0.4) is 0 Å². The highest BCUT2D eigenvalue weighted by Crippen LogP contribution is 2.37. The molecule has 2 aromatic heterocycles. The smallest absolute Gasteiger partial charge is 0.237 e. The van der Waals surface area contributed by atoms with Crippen molar-refractivity contribution in [1.29, 1.82) is 0 Å². The number of methoxy groups -OCH3 is 1. The standard InChI is InChI=1S/C26H27ClN4O4/c1-16-9-18-3-4-19(10-21(18)30-16)35-26-20-11-23(33-2)24(12-22(20)28-15-29-26)34-14-17-5-7-31(8-6-17)25(32)13-27/h3-4,9-12,15,17,30H,5-8,13-14H2,1-2H3. The summed E-state index contributed by atoms with van der Waals surface area (Å²) in [6, 6.07) is 11.7. The van der Waals surface area contributed by atoms with Crippen molar-refractivity contribution in [3.8, 4) is 23.1 Å². The summed E-state index contributed by atoms with van der Waals surface area (Å²) in [6.07, 6.45) is 3.24. The number of nitrogens with one attached hydrogen (secondary N) is 1. The molecule has 3 heterocycles. The number of amides is 1. The van der Waals surface area contributed by atoms with Crippen LogP contribution in [-0.2, 0) is 4.79 Å². The van der Waals surface area contributed by atoms with Gasteiger partial charge >= 0.3 is 0 Å². The molecule has 1 amide bonds. The van der Waals surface area contributed by atoms with Crippen molar-refractivity contribution < 1.29 is 19.0 Å². The topological polar surface area (TPSA) is 89.6 Å². The van der Waals surface area contributed by atoms with Crippen molar-refractivity contribution in [2.45, 2.75) is 19.8 Å². The zero-order valence-corrected chi connectivity index (χ0v) is 20.5. The first kappa shape index (κ1) is 23.2. The molecule has 9 heteroatoms. The van der Waals surface area contributed by atoms with Crippen LogP contribution < -0.4 is 14.2 Å². The van der Waals surface area contributed by atoms with Gasteiger partial charge in [0.05, 0.1) is 24.6 Å². The third-order valence-corrected chi connectivity index (χ3v) is 6.61. The maximum Gasteiger partial charge on any atom is 0.237 e. The summed E-state index contributed by atoms with van der Waals surface area (Å²) >= 11 is 5.67. The van der Waals surface area contributed by atoms with Gasteiger partial charge in [-0.3, -0.25) is 4.79 Å². The number of aryl methyl sites for hydroxylation is 1. The molecule has 1 N–H and O–H groups in total. The Hall–Kier alpha value is -3.52. The number of ether oxygens (including phenoxy) is 3. The molecular weight excluding hydrogens is 468 g/mol. The number of carbonyl (C=O) groups excluding carboxylic acids is 1. The molecule has 5 rings (SSSR count). The molecule has 0 radical (unpaired) electrons. The van der Waals surface area contributed by atoms with Crippen LogP contribution >= 0.6 is 11.6 Å². The number of alkyl halides is 1. The van der Waals surface area contributed by atoms with Crippen LogP contribution in [0.4, 0.5) is 0 Å². The Bertz CT molecular complexity index is 1360. The number of piperidine rings is 1. The number of hydrogen-bond donors (Lipinski definition) is 1. The van der Waals surface area contributed by atoms with Crippen LogP contribution in [0, 0.1) is 12.8 Å². The lowest BCUT2D eigenvalue weighted by atomic mass is 9.98. The van der Waals surface area contributed by atoms with E-state index in [-0.39, 0.29) is 11.8 Å². The first-order valence-corrected chi connectivity index (χ1v) is 12.1. The zero-order valence-electron chi connectivity index (χ0n) is 19.7. The third-order valence-electron chi connectivity index (χ3n) is 6.38. The number of fused-ring (bicyclic) bond motifs is 2. The van der Waals surface area contributed by atoms with E-state index in [1.807, 2.05) is 42.2 Å². The summed E-state index contributed by atoms with van der Waals surface area (Å²) in [6.45, 7) is 3.97. The third kappa shape index (κ3) is 4.98. The Morgan fingerprint density at radius 3 is 2.74 bits per heavy atom. The Morgan fingerprint density at radius 1 is 1.14 bits per heavy atom. The largest absolute Gasteiger partial charge is 0.493 e. The molecule has 35 heavy (non-hydrogen) atoms. The molecule has 1 saturated heterocycles. The lowest BCUT2D eigenvalue weighted by Crippen LogP contribution is -2.40. The fourth-order valence-corrected chi connectivity index (χ4v) is 4.63. The van der Waals surface area contributed by atoms with Gasteiger partial charge in [-0.05, 0) is 55.3 Å². The molecule has 0 bridgehead atoms. The zero-order chi connectivity index (χ0) is 24.4. The van der Waals surface area contributed by atoms with E-state index in [9.17, 15) is 4.79 Å². The van der Waals surface area contributed by atoms with Gasteiger partial charge in [0.25, 0.3) is 0 Å². The molecule has 8 nitrogen and oxygen atoms in total. The van der Waals surface area contributed by atoms with Crippen molar-refractivity contribution in [2.75, 3.05) is 32.7 Å². The van der Waals surface area contributed by atoms with Crippen molar-refractivity contribution in [2.24, 2.45) is 5.92 Å². The number of aromatic nitrogens is 3. The van der Waals surface area contributed by atoms with E-state index in [0.29, 0.717) is 54.3 Å². The Labute approximate surface area is 208 Å². The lowest BCUT2D eigenvalue weighted by molar-refractivity contribution is -0.130. The number of H-pyrrole nitrogens is 1. The van der Waals surface area contributed by atoms with Gasteiger partial charge in [-0.25, -0.2) is 9.97 Å². The summed E-state index contributed by atoms with van der Waals surface area (Å²) in [7, 11) is 1.61. The SMILES string of the molecule is COc1cc2c(Oc3ccc4cc(C)[nH]c4c3)ncnc2cc1OCC1CCN(C(=O)CCl)CC1. The summed E-state index contributed by atoms with van der Waals surface area (Å²) < 4.78 is 17.9. The molecule has 0 atom stereocenters. The molecule has 1 fully saturated rings. The molecule has 1 aliphatic heterocycles. The molecule has 2 aromatic carbocycles. The summed E-state index contributed by atoms with van der Waals surface area (Å²) in [5, 5.41) is 1.86. The minimum absolute atomic E-state index is 0.0112. The van der Waals surface area contributed by atoms with E-state index < -0.39 is 0 Å². The second-order valence-electron chi connectivity index (χ2n) is 8.77. The van der Waals surface area contributed by atoms with Gasteiger partial charge < -0.3 is 24.1 Å². The minimum Gasteiger partial charge on any atom is -0.493 e. The Balaban J connectivity index is 1.33. The fourth-order valence-electron chi connectivity index (χ4n) is 4.46. The quantitative estimate of drug-likeness (QED) is 0.360. The molecule has 4 aromatic rings. The maximum atomic E-state index is 11.8. The highest BCUT2D eigenvalue weighted by atomic mass is 35.5. The molecule has 0 aliphatic carbocycles. The molecule has 0 saturated carbocycles. The highest BCUT2D eigenvalue weighted by Gasteiger charge is 2.23. The Morgan fingerprint density at radius 2 is 1.97 bits per heavy atom. The monoisotopic (exact) mass is 494 g/mol. The number of carbonyl (C=O) groups is 1. The molecule has 0 unspecified atom stereocenters. The van der Waals surface area contributed by atoms with Gasteiger partial charge in [0.15, 0.2) is 11.5 Å². The summed E-state index contributed by atoms with van der Waals surface area (Å²) in [5.41, 5.74) is 2.80. The van der Waals surface area contributed by atoms with Crippen LogP contribution in [0.1, 0.15) is 18.5 Å².